The molecule has 6 rings (SSSR count). The molecule has 50 heavy (non-hydrogen) atoms. The van der Waals surface area contributed by atoms with Crippen LogP contribution in [0.4, 0.5) is 15.1 Å². The highest BCUT2D eigenvalue weighted by atomic mass is 35.5. The average molecular weight is 721 g/mol. The number of nitrogens with one attached hydrogen (secondary N) is 3. The third kappa shape index (κ3) is 8.32. The van der Waals surface area contributed by atoms with Gasteiger partial charge in [-0.25, -0.2) is 4.39 Å². The summed E-state index contributed by atoms with van der Waals surface area (Å²) in [6.45, 7) is 0. The highest BCUT2D eigenvalue weighted by Gasteiger charge is 2.27. The van der Waals surface area contributed by atoms with Crippen LogP contribution in [0.3, 0.4) is 0 Å². The largest absolute Gasteiger partial charge is 0.321 e. The number of halogens is 2. The molecule has 0 spiro atoms. The Kier molecular flexibility index (Phi) is 11.1. The van der Waals surface area contributed by atoms with Crippen LogP contribution in [-0.4, -0.2) is 23.5 Å². The number of hydrogen-bond acceptors (Lipinski definition) is 6. The molecule has 3 N–H and O–H groups in total. The second-order valence-corrected chi connectivity index (χ2v) is 14.1. The van der Waals surface area contributed by atoms with Gasteiger partial charge in [0, 0.05) is 26.6 Å². The van der Waals surface area contributed by atoms with E-state index in [9.17, 15) is 24.0 Å². The Hall–Kier alpha value is -5.21. The molecule has 7 nitrogen and oxygen atoms in total. The van der Waals surface area contributed by atoms with Gasteiger partial charge in [-0.2, -0.15) is 5.26 Å². The normalized spacial score (nSPS) is 13.9. The molecular formula is C39H30ClFN4O3S2. The molecule has 0 saturated carbocycles. The molecule has 0 radical (unpaired) electrons. The first-order chi connectivity index (χ1) is 24.3. The Bertz CT molecular complexity index is 2110. The van der Waals surface area contributed by atoms with Crippen molar-refractivity contribution in [2.75, 3.05) is 16.4 Å². The highest BCUT2D eigenvalue weighted by Crippen LogP contribution is 2.42. The van der Waals surface area contributed by atoms with E-state index < -0.39 is 17.6 Å². The van der Waals surface area contributed by atoms with Gasteiger partial charge in [0.05, 0.1) is 16.3 Å². The quantitative estimate of drug-likeness (QED) is 0.0987. The minimum atomic E-state index is -0.700. The lowest BCUT2D eigenvalue weighted by Crippen LogP contribution is -2.30. The van der Waals surface area contributed by atoms with Gasteiger partial charge in [0.25, 0.3) is 11.8 Å². The topological polar surface area (TPSA) is 111 Å². The third-order valence-corrected chi connectivity index (χ3v) is 10.7. The smallest absolute Gasteiger partial charge is 0.272 e. The minimum Gasteiger partial charge on any atom is -0.321 e. The van der Waals surface area contributed by atoms with Gasteiger partial charge in [-0.05, 0) is 84.8 Å². The van der Waals surface area contributed by atoms with E-state index in [0.29, 0.717) is 32.6 Å². The Balaban J connectivity index is 1.12. The van der Waals surface area contributed by atoms with E-state index in [-0.39, 0.29) is 27.9 Å². The van der Waals surface area contributed by atoms with Crippen LogP contribution in [0.15, 0.2) is 114 Å². The number of thioether (sulfide) groups is 1. The predicted molar refractivity (Wildman–Crippen MR) is 198 cm³/mol. The van der Waals surface area contributed by atoms with E-state index in [1.54, 1.807) is 54.6 Å². The van der Waals surface area contributed by atoms with E-state index >= 15 is 0 Å². The van der Waals surface area contributed by atoms with Crippen LogP contribution in [-0.2, 0) is 22.4 Å². The Morgan fingerprint density at radius 3 is 2.44 bits per heavy atom. The number of benzene rings is 4. The summed E-state index contributed by atoms with van der Waals surface area (Å²) in [6, 6.07) is 32.0. The van der Waals surface area contributed by atoms with Crippen molar-refractivity contribution in [2.24, 2.45) is 0 Å². The molecule has 0 fully saturated rings. The van der Waals surface area contributed by atoms with Crippen molar-refractivity contribution < 1.29 is 18.8 Å². The summed E-state index contributed by atoms with van der Waals surface area (Å²) in [6.07, 6.45) is 3.77. The molecule has 3 amide bonds. The molecule has 1 aliphatic carbocycles. The third-order valence-electron chi connectivity index (χ3n) is 8.18. The van der Waals surface area contributed by atoms with E-state index in [0.717, 1.165) is 29.7 Å². The van der Waals surface area contributed by atoms with Gasteiger partial charge in [0.1, 0.15) is 22.6 Å². The summed E-state index contributed by atoms with van der Waals surface area (Å²) >= 11 is 8.96. The fourth-order valence-electron chi connectivity index (χ4n) is 5.71. The lowest BCUT2D eigenvalue weighted by Gasteiger charge is -2.22. The maximum atomic E-state index is 14.7. The van der Waals surface area contributed by atoms with Gasteiger partial charge in [0.15, 0.2) is 0 Å². The number of carbonyl (C=O) groups is 3. The van der Waals surface area contributed by atoms with E-state index in [2.05, 4.69) is 34.2 Å². The van der Waals surface area contributed by atoms with Crippen LogP contribution >= 0.6 is 34.7 Å². The summed E-state index contributed by atoms with van der Waals surface area (Å²) in [5, 5.41) is 18.9. The monoisotopic (exact) mass is 720 g/mol. The molecule has 0 bridgehead atoms. The number of hydrogen-bond donors (Lipinski definition) is 3. The minimum absolute atomic E-state index is 0.0508. The first-order valence-electron chi connectivity index (χ1n) is 15.7. The fourth-order valence-corrected chi connectivity index (χ4v) is 7.98. The van der Waals surface area contributed by atoms with Gasteiger partial charge < -0.3 is 16.0 Å². The first kappa shape index (κ1) is 34.6. The summed E-state index contributed by atoms with van der Waals surface area (Å²) in [5.74, 6) is -1.72. The van der Waals surface area contributed by atoms with Crippen molar-refractivity contribution in [3.05, 3.63) is 152 Å². The Labute approximate surface area is 302 Å². The van der Waals surface area contributed by atoms with Crippen molar-refractivity contribution in [1.29, 1.82) is 5.26 Å². The summed E-state index contributed by atoms with van der Waals surface area (Å²) in [7, 11) is 0. The number of fused-ring (bicyclic) bond motifs is 1. The predicted octanol–water partition coefficient (Wildman–Crippen LogP) is 8.83. The van der Waals surface area contributed by atoms with Crippen molar-refractivity contribution >= 4 is 69.2 Å². The molecule has 250 valence electrons. The second-order valence-electron chi connectivity index (χ2n) is 11.5. The van der Waals surface area contributed by atoms with Gasteiger partial charge in [0.2, 0.25) is 5.91 Å². The highest BCUT2D eigenvalue weighted by molar-refractivity contribution is 8.00. The number of rotatable bonds is 10. The van der Waals surface area contributed by atoms with Crippen LogP contribution in [0, 0.1) is 17.1 Å². The lowest BCUT2D eigenvalue weighted by molar-refractivity contribution is -0.114. The number of anilines is 2. The van der Waals surface area contributed by atoms with Gasteiger partial charge in [-0.1, -0.05) is 72.3 Å². The molecule has 1 aliphatic rings. The zero-order chi connectivity index (χ0) is 35.0. The molecule has 0 saturated heterocycles. The van der Waals surface area contributed by atoms with Crippen LogP contribution in [0.2, 0.25) is 5.02 Å². The number of nitrogens with zero attached hydrogens (tertiary/aromatic N) is 1. The van der Waals surface area contributed by atoms with Crippen molar-refractivity contribution in [3.63, 3.8) is 0 Å². The molecule has 4 aromatic carbocycles. The van der Waals surface area contributed by atoms with Crippen molar-refractivity contribution in [3.8, 4) is 6.07 Å². The van der Waals surface area contributed by atoms with Crippen LogP contribution in [0.25, 0.3) is 6.08 Å². The Morgan fingerprint density at radius 2 is 1.70 bits per heavy atom. The van der Waals surface area contributed by atoms with Gasteiger partial charge >= 0.3 is 0 Å². The number of amides is 3. The molecule has 0 aliphatic heterocycles. The zero-order valence-corrected chi connectivity index (χ0v) is 28.9. The molecule has 5 aromatic rings. The fraction of sp³-hybridized carbons (Fsp3) is 0.128. The first-order valence-corrected chi connectivity index (χ1v) is 17.9. The summed E-state index contributed by atoms with van der Waals surface area (Å²) in [4.78, 5) is 41.3. The average Bonchev–Trinajstić information content (AvgIpc) is 3.48. The molecule has 1 aromatic heterocycles. The zero-order valence-electron chi connectivity index (χ0n) is 26.5. The van der Waals surface area contributed by atoms with Crippen LogP contribution in [0.1, 0.15) is 49.8 Å². The standard InChI is InChI=1S/C39H30ClFN4O3S2/c40-32-15-8-16-33(41)30(32)21-34(44-37(47)25-11-5-2-6-12-25)38(48)43-27-13-7-14-28(20-27)49-23-36(46)45-39-31(22-42)29-18-17-26(19-35(29)50-39)24-9-3-1-4-10-24/h1-16,20-21,26H,17-19,23H2,(H,43,48)(H,44,47)(H,45,46)/b34-21+. The summed E-state index contributed by atoms with van der Waals surface area (Å²) < 4.78 is 14.7. The molecule has 1 unspecified atom stereocenters. The summed E-state index contributed by atoms with van der Waals surface area (Å²) in [5.41, 5.74) is 3.29. The van der Waals surface area contributed by atoms with E-state index in [1.165, 1.54) is 52.9 Å². The van der Waals surface area contributed by atoms with E-state index in [1.807, 2.05) is 18.2 Å². The molecular weight excluding hydrogens is 691 g/mol. The number of nitriles is 1. The second kappa shape index (κ2) is 16.0. The molecule has 1 heterocycles. The van der Waals surface area contributed by atoms with Gasteiger partial charge in [-0.3, -0.25) is 14.4 Å². The number of carbonyl (C=O) groups excluding carboxylic acids is 3. The van der Waals surface area contributed by atoms with Crippen LogP contribution in [0.5, 0.6) is 0 Å². The SMILES string of the molecule is N#Cc1c(NC(=O)CSc2cccc(NC(=O)/C(=C\c3c(F)cccc3Cl)NC(=O)c3ccccc3)c2)sc2c1CCC(c1ccccc1)C2. The maximum Gasteiger partial charge on any atom is 0.272 e. The Morgan fingerprint density at radius 1 is 0.960 bits per heavy atom. The molecule has 1 atom stereocenters. The van der Waals surface area contributed by atoms with Crippen molar-refractivity contribution in [2.45, 2.75) is 30.1 Å². The van der Waals surface area contributed by atoms with Crippen molar-refractivity contribution in [1.82, 2.24) is 5.32 Å². The molecule has 11 heteroatoms. The maximum absolute atomic E-state index is 14.7. The van der Waals surface area contributed by atoms with Gasteiger partial charge in [-0.15, -0.1) is 23.1 Å². The lowest BCUT2D eigenvalue weighted by atomic mass is 9.83. The van der Waals surface area contributed by atoms with Crippen LogP contribution < -0.4 is 16.0 Å². The number of thiophene rings is 1. The van der Waals surface area contributed by atoms with E-state index in [4.69, 9.17) is 11.6 Å².